The van der Waals surface area contributed by atoms with Crippen molar-refractivity contribution in [3.05, 3.63) is 0 Å². The minimum absolute atomic E-state index is 0.0608. The number of carbonyl (C=O) groups is 2. The number of carboxylic acids is 1. The van der Waals surface area contributed by atoms with E-state index in [0.29, 0.717) is 13.0 Å². The Morgan fingerprint density at radius 1 is 1.40 bits per heavy atom. The lowest BCUT2D eigenvalue weighted by molar-refractivity contribution is -0.161. The average Bonchev–Trinajstić information content (AvgIpc) is 2.17. The summed E-state index contributed by atoms with van der Waals surface area (Å²) in [5.74, 6) is -2.19. The lowest BCUT2D eigenvalue weighted by Gasteiger charge is -2.31. The van der Waals surface area contributed by atoms with Crippen LogP contribution in [0.2, 0.25) is 0 Å². The molecule has 0 radical (unpaired) electrons. The molecule has 0 heterocycles. The van der Waals surface area contributed by atoms with Gasteiger partial charge in [-0.25, -0.2) is 0 Å². The maximum Gasteiger partial charge on any atom is 0.309 e. The maximum absolute atomic E-state index is 11.6. The first kappa shape index (κ1) is 12.0. The van der Waals surface area contributed by atoms with Crippen LogP contribution in [0.1, 0.15) is 33.1 Å². The van der Waals surface area contributed by atoms with E-state index in [1.165, 1.54) is 0 Å². The van der Waals surface area contributed by atoms with Gasteiger partial charge in [0.15, 0.2) is 0 Å². The second-order valence-corrected chi connectivity index (χ2v) is 4.13. The Kier molecular flexibility index (Phi) is 4.12. The molecule has 4 heteroatoms. The molecule has 1 saturated carbocycles. The van der Waals surface area contributed by atoms with Crippen molar-refractivity contribution in [3.8, 4) is 0 Å². The molecule has 0 bridgehead atoms. The van der Waals surface area contributed by atoms with Gasteiger partial charge in [0.05, 0.1) is 18.4 Å². The Hall–Kier alpha value is -1.06. The van der Waals surface area contributed by atoms with Gasteiger partial charge in [0.2, 0.25) is 0 Å². The number of hydrogen-bond donors (Lipinski definition) is 1. The van der Waals surface area contributed by atoms with Crippen LogP contribution in [-0.4, -0.2) is 23.7 Å². The SMILES string of the molecule is CCOC(=O)C1CCCC(C)C1C(=O)O. The Balaban J connectivity index is 2.74. The van der Waals surface area contributed by atoms with Crippen molar-refractivity contribution in [2.75, 3.05) is 6.61 Å². The van der Waals surface area contributed by atoms with E-state index in [-0.39, 0.29) is 11.9 Å². The van der Waals surface area contributed by atoms with Crippen LogP contribution in [0.3, 0.4) is 0 Å². The molecule has 0 aliphatic heterocycles. The quantitative estimate of drug-likeness (QED) is 0.726. The summed E-state index contributed by atoms with van der Waals surface area (Å²) in [6.45, 7) is 3.94. The second-order valence-electron chi connectivity index (χ2n) is 4.13. The van der Waals surface area contributed by atoms with Crippen LogP contribution >= 0.6 is 0 Å². The fourth-order valence-electron chi connectivity index (χ4n) is 2.34. The van der Waals surface area contributed by atoms with Crippen LogP contribution in [0.15, 0.2) is 0 Å². The molecule has 4 nitrogen and oxygen atoms in total. The van der Waals surface area contributed by atoms with Crippen molar-refractivity contribution in [1.29, 1.82) is 0 Å². The molecule has 1 N–H and O–H groups in total. The van der Waals surface area contributed by atoms with Gasteiger partial charge >= 0.3 is 11.9 Å². The van der Waals surface area contributed by atoms with E-state index in [1.807, 2.05) is 6.92 Å². The van der Waals surface area contributed by atoms with Gasteiger partial charge in [-0.3, -0.25) is 9.59 Å². The molecule has 0 aromatic carbocycles. The van der Waals surface area contributed by atoms with E-state index in [1.54, 1.807) is 6.92 Å². The molecule has 3 unspecified atom stereocenters. The summed E-state index contributed by atoms with van der Waals surface area (Å²) in [6, 6.07) is 0. The van der Waals surface area contributed by atoms with Gasteiger partial charge in [-0.15, -0.1) is 0 Å². The van der Waals surface area contributed by atoms with Crippen LogP contribution in [0.25, 0.3) is 0 Å². The van der Waals surface area contributed by atoms with Gasteiger partial charge in [0, 0.05) is 0 Å². The van der Waals surface area contributed by atoms with E-state index in [0.717, 1.165) is 12.8 Å². The summed E-state index contributed by atoms with van der Waals surface area (Å²) >= 11 is 0. The Labute approximate surface area is 89.6 Å². The van der Waals surface area contributed by atoms with Gasteiger partial charge in [-0.1, -0.05) is 13.3 Å². The largest absolute Gasteiger partial charge is 0.481 e. The Morgan fingerprint density at radius 3 is 2.60 bits per heavy atom. The lowest BCUT2D eigenvalue weighted by Crippen LogP contribution is -2.38. The molecular weight excluding hydrogens is 196 g/mol. The van der Waals surface area contributed by atoms with Gasteiger partial charge < -0.3 is 9.84 Å². The van der Waals surface area contributed by atoms with E-state index >= 15 is 0 Å². The number of aliphatic carboxylic acids is 1. The second kappa shape index (κ2) is 5.14. The molecule has 0 aromatic rings. The summed E-state index contributed by atoms with van der Waals surface area (Å²) in [4.78, 5) is 22.6. The zero-order chi connectivity index (χ0) is 11.4. The standard InChI is InChI=1S/C11H18O4/c1-3-15-11(14)8-6-4-5-7(2)9(8)10(12)13/h7-9H,3-6H2,1-2H3,(H,12,13). The molecule has 15 heavy (non-hydrogen) atoms. The zero-order valence-electron chi connectivity index (χ0n) is 9.23. The first-order chi connectivity index (χ1) is 7.07. The topological polar surface area (TPSA) is 63.6 Å². The minimum atomic E-state index is -0.875. The van der Waals surface area contributed by atoms with Crippen LogP contribution < -0.4 is 0 Å². The molecule has 1 fully saturated rings. The van der Waals surface area contributed by atoms with E-state index < -0.39 is 17.8 Å². The number of ether oxygens (including phenoxy) is 1. The molecule has 86 valence electrons. The summed E-state index contributed by atoms with van der Waals surface area (Å²) < 4.78 is 4.91. The molecule has 0 aromatic heterocycles. The lowest BCUT2D eigenvalue weighted by atomic mass is 9.73. The third kappa shape index (κ3) is 2.70. The predicted octanol–water partition coefficient (Wildman–Crippen LogP) is 1.69. The third-order valence-corrected chi connectivity index (χ3v) is 3.10. The summed E-state index contributed by atoms with van der Waals surface area (Å²) in [7, 11) is 0. The van der Waals surface area contributed by atoms with Crippen molar-refractivity contribution < 1.29 is 19.4 Å². The van der Waals surface area contributed by atoms with Crippen LogP contribution in [-0.2, 0) is 14.3 Å². The maximum atomic E-state index is 11.6. The van der Waals surface area contributed by atoms with E-state index in [4.69, 9.17) is 9.84 Å². The average molecular weight is 214 g/mol. The highest BCUT2D eigenvalue weighted by atomic mass is 16.5. The normalized spacial score (nSPS) is 30.9. The number of esters is 1. The molecule has 1 aliphatic rings. The fraction of sp³-hybridized carbons (Fsp3) is 0.818. The third-order valence-electron chi connectivity index (χ3n) is 3.10. The van der Waals surface area contributed by atoms with Crippen LogP contribution in [0.5, 0.6) is 0 Å². The first-order valence-electron chi connectivity index (χ1n) is 5.47. The van der Waals surface area contributed by atoms with Crippen molar-refractivity contribution in [1.82, 2.24) is 0 Å². The molecule has 1 aliphatic carbocycles. The van der Waals surface area contributed by atoms with Crippen molar-refractivity contribution in [2.24, 2.45) is 17.8 Å². The molecule has 0 saturated heterocycles. The monoisotopic (exact) mass is 214 g/mol. The molecule has 3 atom stereocenters. The smallest absolute Gasteiger partial charge is 0.309 e. The number of rotatable bonds is 3. The highest BCUT2D eigenvalue weighted by Gasteiger charge is 2.40. The molecular formula is C11H18O4. The van der Waals surface area contributed by atoms with Crippen LogP contribution in [0.4, 0.5) is 0 Å². The predicted molar refractivity (Wildman–Crippen MR) is 54.3 cm³/mol. The Bertz CT molecular complexity index is 249. The summed E-state index contributed by atoms with van der Waals surface area (Å²) in [5, 5.41) is 9.09. The summed E-state index contributed by atoms with van der Waals surface area (Å²) in [6.07, 6.45) is 2.43. The number of carboxylic acid groups (broad SMARTS) is 1. The van der Waals surface area contributed by atoms with Crippen molar-refractivity contribution in [3.63, 3.8) is 0 Å². The first-order valence-corrected chi connectivity index (χ1v) is 5.47. The molecule has 0 amide bonds. The van der Waals surface area contributed by atoms with Crippen molar-refractivity contribution >= 4 is 11.9 Å². The van der Waals surface area contributed by atoms with Gasteiger partial charge in [0.1, 0.15) is 0 Å². The van der Waals surface area contributed by atoms with Gasteiger partial charge in [0.25, 0.3) is 0 Å². The number of hydrogen-bond acceptors (Lipinski definition) is 3. The Morgan fingerprint density at radius 2 is 2.07 bits per heavy atom. The highest BCUT2D eigenvalue weighted by molar-refractivity contribution is 5.81. The summed E-state index contributed by atoms with van der Waals surface area (Å²) in [5.41, 5.74) is 0. The van der Waals surface area contributed by atoms with E-state index in [9.17, 15) is 9.59 Å². The molecule has 1 rings (SSSR count). The highest BCUT2D eigenvalue weighted by Crippen LogP contribution is 2.35. The van der Waals surface area contributed by atoms with Crippen molar-refractivity contribution in [2.45, 2.75) is 33.1 Å². The van der Waals surface area contributed by atoms with E-state index in [2.05, 4.69) is 0 Å². The number of carbonyl (C=O) groups excluding carboxylic acids is 1. The van der Waals surface area contributed by atoms with Crippen LogP contribution in [0, 0.1) is 17.8 Å². The van der Waals surface area contributed by atoms with Gasteiger partial charge in [-0.05, 0) is 25.7 Å². The fourth-order valence-corrected chi connectivity index (χ4v) is 2.34. The molecule has 0 spiro atoms. The minimum Gasteiger partial charge on any atom is -0.481 e. The zero-order valence-corrected chi connectivity index (χ0v) is 9.23. The van der Waals surface area contributed by atoms with Gasteiger partial charge in [-0.2, -0.15) is 0 Å².